The monoisotopic (exact) mass is 477 g/mol. The molecule has 180 valence electrons. The highest BCUT2D eigenvalue weighted by Crippen LogP contribution is 2.21. The summed E-state index contributed by atoms with van der Waals surface area (Å²) in [6.45, 7) is 3.95. The molecule has 0 saturated carbocycles. The van der Waals surface area contributed by atoms with Crippen LogP contribution >= 0.6 is 0 Å². The highest BCUT2D eigenvalue weighted by Gasteiger charge is 2.13. The molecule has 3 heterocycles. The molecule has 1 amide bonds. The van der Waals surface area contributed by atoms with Gasteiger partial charge in [-0.3, -0.25) is 9.78 Å². The number of rotatable bonds is 8. The summed E-state index contributed by atoms with van der Waals surface area (Å²) < 4.78 is 1.67. The number of amides is 1. The fraction of sp³-hybridized carbons (Fsp3) is 0.179. The van der Waals surface area contributed by atoms with Gasteiger partial charge < -0.3 is 10.6 Å². The van der Waals surface area contributed by atoms with Gasteiger partial charge in [0, 0.05) is 47.0 Å². The molecule has 5 aromatic rings. The van der Waals surface area contributed by atoms with Crippen LogP contribution in [0.2, 0.25) is 0 Å². The molecule has 0 radical (unpaired) electrons. The second-order valence-corrected chi connectivity index (χ2v) is 8.77. The number of fused-ring (bicyclic) bond motifs is 1. The second kappa shape index (κ2) is 10.4. The van der Waals surface area contributed by atoms with Gasteiger partial charge in [-0.15, -0.1) is 5.10 Å². The summed E-state index contributed by atoms with van der Waals surface area (Å²) in [6, 6.07) is 23.4. The van der Waals surface area contributed by atoms with Crippen LogP contribution < -0.4 is 10.6 Å². The fourth-order valence-corrected chi connectivity index (χ4v) is 3.95. The van der Waals surface area contributed by atoms with Gasteiger partial charge in [-0.1, -0.05) is 30.3 Å². The highest BCUT2D eigenvalue weighted by molar-refractivity contribution is 5.94. The van der Waals surface area contributed by atoms with Crippen molar-refractivity contribution in [2.75, 3.05) is 5.32 Å². The lowest BCUT2D eigenvalue weighted by atomic mass is 10.1. The van der Waals surface area contributed by atoms with Crippen molar-refractivity contribution in [3.8, 4) is 11.4 Å². The van der Waals surface area contributed by atoms with Gasteiger partial charge >= 0.3 is 0 Å². The summed E-state index contributed by atoms with van der Waals surface area (Å²) in [7, 11) is 0. The van der Waals surface area contributed by atoms with Crippen LogP contribution in [0.3, 0.4) is 0 Å². The predicted molar refractivity (Wildman–Crippen MR) is 140 cm³/mol. The number of aromatic nitrogens is 5. The van der Waals surface area contributed by atoms with E-state index in [0.29, 0.717) is 17.2 Å². The van der Waals surface area contributed by atoms with Crippen LogP contribution in [-0.2, 0) is 6.42 Å². The minimum Gasteiger partial charge on any atom is -0.350 e. The van der Waals surface area contributed by atoms with Crippen LogP contribution in [-0.4, -0.2) is 36.5 Å². The molecule has 0 saturated heterocycles. The molecule has 8 heteroatoms. The molecule has 2 aromatic carbocycles. The molecule has 2 N–H and O–H groups in total. The van der Waals surface area contributed by atoms with E-state index < -0.39 is 0 Å². The standard InChI is InChI=1S/C28H27N7O/c1-19(10-11-21-7-4-3-5-8-21)30-27(36)22-12-14-24(15-13-22)32-25-17-20(2)31-28-33-26(34-35(25)28)23-9-6-16-29-18-23/h3-9,12-19,32H,10-11H2,1-2H3,(H,30,36). The van der Waals surface area contributed by atoms with Gasteiger partial charge in [-0.2, -0.15) is 9.50 Å². The topological polar surface area (TPSA) is 97.1 Å². The zero-order chi connectivity index (χ0) is 24.9. The summed E-state index contributed by atoms with van der Waals surface area (Å²) in [5, 5.41) is 11.1. The Balaban J connectivity index is 1.26. The smallest absolute Gasteiger partial charge is 0.254 e. The third-order valence-electron chi connectivity index (χ3n) is 5.87. The zero-order valence-electron chi connectivity index (χ0n) is 20.2. The minimum absolute atomic E-state index is 0.0740. The van der Waals surface area contributed by atoms with Crippen molar-refractivity contribution in [2.45, 2.75) is 32.7 Å². The molecule has 1 unspecified atom stereocenters. The van der Waals surface area contributed by atoms with Gasteiger partial charge in [-0.25, -0.2) is 4.98 Å². The van der Waals surface area contributed by atoms with Gasteiger partial charge in [0.1, 0.15) is 5.82 Å². The second-order valence-electron chi connectivity index (χ2n) is 8.77. The minimum atomic E-state index is -0.0818. The maximum atomic E-state index is 12.7. The first-order chi connectivity index (χ1) is 17.5. The van der Waals surface area contributed by atoms with Crippen LogP contribution in [0.4, 0.5) is 11.5 Å². The molecule has 0 aliphatic heterocycles. The molecule has 8 nitrogen and oxygen atoms in total. The number of carbonyl (C=O) groups is 1. The highest BCUT2D eigenvalue weighted by atomic mass is 16.1. The van der Waals surface area contributed by atoms with Crippen molar-refractivity contribution in [3.63, 3.8) is 0 Å². The maximum Gasteiger partial charge on any atom is 0.254 e. The van der Waals surface area contributed by atoms with Gasteiger partial charge in [0.05, 0.1) is 0 Å². The molecule has 1 atom stereocenters. The molecular weight excluding hydrogens is 450 g/mol. The molecule has 0 aliphatic rings. The SMILES string of the molecule is Cc1cc(Nc2ccc(C(=O)NC(C)CCc3ccccc3)cc2)n2nc(-c3cccnc3)nc2n1. The van der Waals surface area contributed by atoms with Crippen LogP contribution in [0.1, 0.15) is 35.0 Å². The first kappa shape index (κ1) is 23.2. The maximum absolute atomic E-state index is 12.7. The van der Waals surface area contributed by atoms with E-state index in [4.69, 9.17) is 0 Å². The van der Waals surface area contributed by atoms with E-state index in [2.05, 4.69) is 42.8 Å². The molecule has 36 heavy (non-hydrogen) atoms. The quantitative estimate of drug-likeness (QED) is 0.327. The number of nitrogens with one attached hydrogen (secondary N) is 2. The largest absolute Gasteiger partial charge is 0.350 e. The van der Waals surface area contributed by atoms with Crippen molar-refractivity contribution in [1.29, 1.82) is 0 Å². The molecular formula is C28H27N7O. The first-order valence-electron chi connectivity index (χ1n) is 11.9. The number of benzene rings is 2. The number of carbonyl (C=O) groups excluding carboxylic acids is 1. The summed E-state index contributed by atoms with van der Waals surface area (Å²) in [5.41, 5.74) is 4.35. The Hall–Kier alpha value is -4.59. The zero-order valence-corrected chi connectivity index (χ0v) is 20.2. The molecule has 0 aliphatic carbocycles. The van der Waals surface area contributed by atoms with Crippen molar-refractivity contribution in [3.05, 3.63) is 102 Å². The Morgan fingerprint density at radius 2 is 1.81 bits per heavy atom. The van der Waals surface area contributed by atoms with E-state index in [1.807, 2.05) is 74.5 Å². The van der Waals surface area contributed by atoms with E-state index in [1.54, 1.807) is 16.9 Å². The molecule has 5 rings (SSSR count). The lowest BCUT2D eigenvalue weighted by molar-refractivity contribution is 0.0938. The van der Waals surface area contributed by atoms with Crippen molar-refractivity contribution in [2.24, 2.45) is 0 Å². The first-order valence-corrected chi connectivity index (χ1v) is 11.9. The number of anilines is 2. The summed E-state index contributed by atoms with van der Waals surface area (Å²) >= 11 is 0. The van der Waals surface area contributed by atoms with E-state index >= 15 is 0 Å². The number of pyridine rings is 1. The normalized spacial score (nSPS) is 11.8. The van der Waals surface area contributed by atoms with Crippen LogP contribution in [0.25, 0.3) is 17.2 Å². The van der Waals surface area contributed by atoms with Gasteiger partial charge in [0.15, 0.2) is 5.82 Å². The molecule has 0 fully saturated rings. The predicted octanol–water partition coefficient (Wildman–Crippen LogP) is 4.99. The third kappa shape index (κ3) is 5.38. The number of hydrogen-bond acceptors (Lipinski definition) is 6. The van der Waals surface area contributed by atoms with E-state index in [9.17, 15) is 4.79 Å². The average molecular weight is 478 g/mol. The fourth-order valence-electron chi connectivity index (χ4n) is 3.95. The molecule has 0 bridgehead atoms. The van der Waals surface area contributed by atoms with Gasteiger partial charge in [0.25, 0.3) is 11.7 Å². The van der Waals surface area contributed by atoms with E-state index in [-0.39, 0.29) is 11.9 Å². The van der Waals surface area contributed by atoms with E-state index in [1.165, 1.54) is 5.56 Å². The Kier molecular flexibility index (Phi) is 6.66. The van der Waals surface area contributed by atoms with Gasteiger partial charge in [0.2, 0.25) is 0 Å². The Labute approximate surface area is 209 Å². The summed E-state index contributed by atoms with van der Waals surface area (Å²) in [4.78, 5) is 25.9. The van der Waals surface area contributed by atoms with Crippen LogP contribution in [0.15, 0.2) is 85.2 Å². The number of hydrogen-bond donors (Lipinski definition) is 2. The summed E-state index contributed by atoms with van der Waals surface area (Å²) in [5.74, 6) is 1.70. The lowest BCUT2D eigenvalue weighted by Crippen LogP contribution is -2.32. The Morgan fingerprint density at radius 3 is 2.56 bits per heavy atom. The molecule has 0 spiro atoms. The lowest BCUT2D eigenvalue weighted by Gasteiger charge is -2.14. The Morgan fingerprint density at radius 1 is 1.00 bits per heavy atom. The van der Waals surface area contributed by atoms with Crippen molar-refractivity contribution < 1.29 is 4.79 Å². The third-order valence-corrected chi connectivity index (χ3v) is 5.87. The summed E-state index contributed by atoms with van der Waals surface area (Å²) in [6.07, 6.45) is 5.24. The number of nitrogens with zero attached hydrogens (tertiary/aromatic N) is 5. The van der Waals surface area contributed by atoms with Crippen molar-refractivity contribution in [1.82, 2.24) is 29.9 Å². The van der Waals surface area contributed by atoms with E-state index in [0.717, 1.165) is 35.6 Å². The Bertz CT molecular complexity index is 1470. The van der Waals surface area contributed by atoms with Crippen LogP contribution in [0, 0.1) is 6.92 Å². The molecule has 3 aromatic heterocycles. The van der Waals surface area contributed by atoms with Crippen molar-refractivity contribution >= 4 is 23.2 Å². The number of aryl methyl sites for hydroxylation is 2. The van der Waals surface area contributed by atoms with Crippen LogP contribution in [0.5, 0.6) is 0 Å². The average Bonchev–Trinajstić information content (AvgIpc) is 3.33. The van der Waals surface area contributed by atoms with Gasteiger partial charge in [-0.05, 0) is 68.7 Å².